The van der Waals surface area contributed by atoms with Gasteiger partial charge in [-0.1, -0.05) is 15.9 Å². The van der Waals surface area contributed by atoms with Gasteiger partial charge >= 0.3 is 0 Å². The highest BCUT2D eigenvalue weighted by molar-refractivity contribution is 9.10. The predicted molar refractivity (Wildman–Crippen MR) is 77.9 cm³/mol. The highest BCUT2D eigenvalue weighted by Gasteiger charge is 2.09. The van der Waals surface area contributed by atoms with Crippen molar-refractivity contribution in [3.63, 3.8) is 0 Å². The molecule has 0 aliphatic rings. The zero-order valence-corrected chi connectivity index (χ0v) is 12.2. The molecule has 1 aromatic heterocycles. The van der Waals surface area contributed by atoms with Gasteiger partial charge in [-0.2, -0.15) is 0 Å². The van der Waals surface area contributed by atoms with Gasteiger partial charge in [-0.25, -0.2) is 4.39 Å². The maximum Gasteiger partial charge on any atom is 0.149 e. The van der Waals surface area contributed by atoms with Crippen molar-refractivity contribution in [1.29, 1.82) is 0 Å². The van der Waals surface area contributed by atoms with E-state index in [9.17, 15) is 14.6 Å². The lowest BCUT2D eigenvalue weighted by Gasteiger charge is -2.07. The number of rotatable bonds is 3. The number of aliphatic imine (C=N–C) groups is 1. The van der Waals surface area contributed by atoms with Gasteiger partial charge in [-0.3, -0.25) is 9.98 Å². The number of aromatic nitrogens is 1. The molecule has 0 bridgehead atoms. The van der Waals surface area contributed by atoms with Gasteiger partial charge in [0.25, 0.3) is 0 Å². The molecule has 1 aromatic carbocycles. The Kier molecular flexibility index (Phi) is 4.46. The van der Waals surface area contributed by atoms with Crippen molar-refractivity contribution in [2.45, 2.75) is 13.5 Å². The molecular weight excluding hydrogens is 327 g/mol. The lowest BCUT2D eigenvalue weighted by molar-refractivity contribution is 0.280. The normalized spacial score (nSPS) is 11.2. The molecule has 6 heteroatoms. The van der Waals surface area contributed by atoms with Crippen LogP contribution in [0.1, 0.15) is 16.8 Å². The number of halogens is 2. The number of nitrogens with zero attached hydrogens (tertiary/aromatic N) is 2. The molecule has 1 heterocycles. The van der Waals surface area contributed by atoms with Crippen LogP contribution in [0.3, 0.4) is 0 Å². The molecular formula is C14H12BrFN2O2. The molecule has 2 rings (SSSR count). The lowest BCUT2D eigenvalue weighted by atomic mass is 10.1. The first kappa shape index (κ1) is 14.6. The Bertz CT molecular complexity index is 674. The van der Waals surface area contributed by atoms with E-state index in [1.54, 1.807) is 13.0 Å². The van der Waals surface area contributed by atoms with Crippen molar-refractivity contribution in [2.24, 2.45) is 4.99 Å². The van der Waals surface area contributed by atoms with Crippen LogP contribution in [0.4, 0.5) is 10.1 Å². The van der Waals surface area contributed by atoms with Gasteiger partial charge in [0.05, 0.1) is 18.0 Å². The number of benzene rings is 1. The van der Waals surface area contributed by atoms with E-state index in [0.29, 0.717) is 21.3 Å². The highest BCUT2D eigenvalue weighted by Crippen LogP contribution is 2.25. The van der Waals surface area contributed by atoms with Crippen LogP contribution in [-0.2, 0) is 6.61 Å². The second-order valence-corrected chi connectivity index (χ2v) is 5.06. The van der Waals surface area contributed by atoms with E-state index in [2.05, 4.69) is 25.9 Å². The third-order valence-electron chi connectivity index (χ3n) is 2.77. The summed E-state index contributed by atoms with van der Waals surface area (Å²) in [6.07, 6.45) is 2.77. The third-order valence-corrected chi connectivity index (χ3v) is 3.26. The second kappa shape index (κ2) is 6.11. The molecule has 0 aliphatic heterocycles. The first-order chi connectivity index (χ1) is 9.52. The molecule has 0 fully saturated rings. The van der Waals surface area contributed by atoms with Crippen LogP contribution in [0.15, 0.2) is 33.9 Å². The molecule has 2 aromatic rings. The van der Waals surface area contributed by atoms with Crippen LogP contribution in [0, 0.1) is 12.7 Å². The van der Waals surface area contributed by atoms with Crippen molar-refractivity contribution in [2.75, 3.05) is 0 Å². The summed E-state index contributed by atoms with van der Waals surface area (Å²) in [7, 11) is 0. The molecule has 0 unspecified atom stereocenters. The largest absolute Gasteiger partial charge is 0.505 e. The van der Waals surface area contributed by atoms with Crippen LogP contribution in [-0.4, -0.2) is 21.4 Å². The first-order valence-corrected chi connectivity index (χ1v) is 6.59. The molecule has 0 amide bonds. The van der Waals surface area contributed by atoms with Crippen LogP contribution in [0.25, 0.3) is 0 Å². The summed E-state index contributed by atoms with van der Waals surface area (Å²) in [5.41, 5.74) is 1.32. The minimum atomic E-state index is -0.480. The highest BCUT2D eigenvalue weighted by atomic mass is 79.9. The Morgan fingerprint density at radius 2 is 2.20 bits per heavy atom. The van der Waals surface area contributed by atoms with E-state index in [-0.39, 0.29) is 18.0 Å². The van der Waals surface area contributed by atoms with E-state index in [1.807, 2.05) is 0 Å². The van der Waals surface area contributed by atoms with Crippen LogP contribution >= 0.6 is 15.9 Å². The van der Waals surface area contributed by atoms with Crippen molar-refractivity contribution in [3.05, 3.63) is 51.5 Å². The molecule has 20 heavy (non-hydrogen) atoms. The van der Waals surface area contributed by atoms with Gasteiger partial charge in [0.2, 0.25) is 0 Å². The number of aliphatic hydroxyl groups is 1. The lowest BCUT2D eigenvalue weighted by Crippen LogP contribution is -1.97. The number of aromatic hydroxyl groups is 1. The molecule has 104 valence electrons. The van der Waals surface area contributed by atoms with Crippen molar-refractivity contribution in [3.8, 4) is 5.75 Å². The fourth-order valence-corrected chi connectivity index (χ4v) is 1.98. The Morgan fingerprint density at radius 1 is 1.45 bits per heavy atom. The van der Waals surface area contributed by atoms with E-state index in [0.717, 1.165) is 0 Å². The third kappa shape index (κ3) is 3.02. The van der Waals surface area contributed by atoms with Gasteiger partial charge < -0.3 is 10.2 Å². The molecule has 0 saturated heterocycles. The summed E-state index contributed by atoms with van der Waals surface area (Å²) in [5.74, 6) is -0.552. The summed E-state index contributed by atoms with van der Waals surface area (Å²) in [6, 6.07) is 4.48. The smallest absolute Gasteiger partial charge is 0.149 e. The standard InChI is InChI=1S/C14H12BrFN2O2/c1-8-14(20)11(9(7-19)5-17-8)6-18-13-3-2-10(15)4-12(13)16/h2-6,19-20H,7H2,1H3. The van der Waals surface area contributed by atoms with Crippen LogP contribution in [0.2, 0.25) is 0 Å². The molecule has 0 saturated carbocycles. The van der Waals surface area contributed by atoms with Gasteiger partial charge in [0.15, 0.2) is 0 Å². The van der Waals surface area contributed by atoms with Gasteiger partial charge in [-0.05, 0) is 25.1 Å². The Labute approximate surface area is 123 Å². The van der Waals surface area contributed by atoms with Crippen LogP contribution in [0.5, 0.6) is 5.75 Å². The average Bonchev–Trinajstić information content (AvgIpc) is 2.42. The monoisotopic (exact) mass is 338 g/mol. The fraction of sp³-hybridized carbons (Fsp3) is 0.143. The summed E-state index contributed by atoms with van der Waals surface area (Å²) < 4.78 is 14.3. The summed E-state index contributed by atoms with van der Waals surface area (Å²) in [5, 5.41) is 19.2. The van der Waals surface area contributed by atoms with Gasteiger partial charge in [0.1, 0.15) is 11.6 Å². The van der Waals surface area contributed by atoms with Gasteiger partial charge in [-0.15, -0.1) is 0 Å². The summed E-state index contributed by atoms with van der Waals surface area (Å²) >= 11 is 3.16. The zero-order chi connectivity index (χ0) is 14.7. The second-order valence-electron chi connectivity index (χ2n) is 4.14. The Morgan fingerprint density at radius 3 is 2.85 bits per heavy atom. The fourth-order valence-electron chi connectivity index (χ4n) is 1.64. The minimum Gasteiger partial charge on any atom is -0.505 e. The molecule has 2 N–H and O–H groups in total. The van der Waals surface area contributed by atoms with E-state index in [1.165, 1.54) is 24.5 Å². The summed E-state index contributed by atoms with van der Waals surface area (Å²) in [4.78, 5) is 7.95. The van der Waals surface area contributed by atoms with E-state index in [4.69, 9.17) is 0 Å². The quantitative estimate of drug-likeness (QED) is 0.844. The molecule has 0 atom stereocenters. The van der Waals surface area contributed by atoms with Crippen molar-refractivity contribution in [1.82, 2.24) is 4.98 Å². The zero-order valence-electron chi connectivity index (χ0n) is 10.6. The Balaban J connectivity index is 2.43. The number of hydrogen-bond acceptors (Lipinski definition) is 4. The minimum absolute atomic E-state index is 0.0715. The number of aliphatic hydroxyl groups excluding tert-OH is 1. The number of aryl methyl sites for hydroxylation is 1. The van der Waals surface area contributed by atoms with Crippen LogP contribution < -0.4 is 0 Å². The number of hydrogen-bond donors (Lipinski definition) is 2. The first-order valence-electron chi connectivity index (χ1n) is 5.80. The topological polar surface area (TPSA) is 65.7 Å². The molecule has 0 aliphatic carbocycles. The van der Waals surface area contributed by atoms with Gasteiger partial charge in [0, 0.05) is 28.0 Å². The maximum absolute atomic E-state index is 13.6. The molecule has 0 radical (unpaired) electrons. The van der Waals surface area contributed by atoms with Crippen molar-refractivity contribution < 1.29 is 14.6 Å². The van der Waals surface area contributed by atoms with E-state index >= 15 is 0 Å². The summed E-state index contributed by atoms with van der Waals surface area (Å²) in [6.45, 7) is 1.35. The maximum atomic E-state index is 13.6. The SMILES string of the molecule is Cc1ncc(CO)c(C=Nc2ccc(Br)cc2F)c1O. The number of pyridine rings is 1. The van der Waals surface area contributed by atoms with Crippen molar-refractivity contribution >= 4 is 27.8 Å². The Hall–Kier alpha value is -1.79. The predicted octanol–water partition coefficient (Wildman–Crippen LogP) is 3.24. The van der Waals surface area contributed by atoms with E-state index < -0.39 is 5.82 Å². The molecule has 4 nitrogen and oxygen atoms in total. The average molecular weight is 339 g/mol. The molecule has 0 spiro atoms.